The van der Waals surface area contributed by atoms with E-state index >= 15 is 0 Å². The molecular formula is C19H16Cl2N2OS. The van der Waals surface area contributed by atoms with Gasteiger partial charge in [0.25, 0.3) is 5.91 Å². The molecule has 2 heterocycles. The molecule has 1 aliphatic rings. The van der Waals surface area contributed by atoms with Crippen LogP contribution < -0.4 is 0 Å². The van der Waals surface area contributed by atoms with Crippen molar-refractivity contribution in [1.82, 2.24) is 9.88 Å². The van der Waals surface area contributed by atoms with Crippen molar-refractivity contribution in [2.45, 2.75) is 18.8 Å². The Morgan fingerprint density at radius 1 is 1.20 bits per heavy atom. The standard InChI is InChI=1S/C19H16Cl2N2OS/c20-13-7-8-14(15(21)10-13)19(24)23-9-3-4-12(11-23)18-22-16-5-1-2-6-17(16)25-18/h1-2,5-8,10,12H,3-4,9,11H2. The largest absolute Gasteiger partial charge is 0.338 e. The Morgan fingerprint density at radius 2 is 2.04 bits per heavy atom. The molecule has 0 saturated carbocycles. The van der Waals surface area contributed by atoms with Crippen LogP contribution in [0.15, 0.2) is 42.5 Å². The highest BCUT2D eigenvalue weighted by Gasteiger charge is 2.28. The number of likely N-dealkylation sites (tertiary alicyclic amines) is 1. The summed E-state index contributed by atoms with van der Waals surface area (Å²) >= 11 is 13.9. The van der Waals surface area contributed by atoms with Gasteiger partial charge in [-0.3, -0.25) is 4.79 Å². The van der Waals surface area contributed by atoms with E-state index in [1.807, 2.05) is 23.1 Å². The van der Waals surface area contributed by atoms with E-state index in [1.165, 1.54) is 4.70 Å². The maximum atomic E-state index is 12.9. The van der Waals surface area contributed by atoms with E-state index in [0.717, 1.165) is 29.9 Å². The summed E-state index contributed by atoms with van der Waals surface area (Å²) in [5.41, 5.74) is 1.54. The summed E-state index contributed by atoms with van der Waals surface area (Å²) in [6, 6.07) is 13.2. The first kappa shape index (κ1) is 16.8. The van der Waals surface area contributed by atoms with Gasteiger partial charge in [0.1, 0.15) is 0 Å². The molecule has 0 bridgehead atoms. The van der Waals surface area contributed by atoms with Crippen molar-refractivity contribution >= 4 is 50.7 Å². The van der Waals surface area contributed by atoms with Crippen LogP contribution in [0.5, 0.6) is 0 Å². The van der Waals surface area contributed by atoms with Crippen LogP contribution in [0.2, 0.25) is 10.0 Å². The number of rotatable bonds is 2. The van der Waals surface area contributed by atoms with E-state index in [4.69, 9.17) is 28.2 Å². The quantitative estimate of drug-likeness (QED) is 0.568. The van der Waals surface area contributed by atoms with Crippen molar-refractivity contribution in [3.05, 3.63) is 63.1 Å². The summed E-state index contributed by atoms with van der Waals surface area (Å²) in [5.74, 6) is 0.244. The molecule has 1 aromatic heterocycles. The molecule has 3 nitrogen and oxygen atoms in total. The molecule has 6 heteroatoms. The van der Waals surface area contributed by atoms with Crippen LogP contribution in [-0.4, -0.2) is 28.9 Å². The van der Waals surface area contributed by atoms with Crippen molar-refractivity contribution in [2.24, 2.45) is 0 Å². The highest BCUT2D eigenvalue weighted by molar-refractivity contribution is 7.18. The van der Waals surface area contributed by atoms with E-state index in [1.54, 1.807) is 29.5 Å². The van der Waals surface area contributed by atoms with E-state index in [0.29, 0.717) is 22.2 Å². The molecular weight excluding hydrogens is 375 g/mol. The Labute approximate surface area is 160 Å². The molecule has 3 aromatic rings. The molecule has 0 aliphatic carbocycles. The van der Waals surface area contributed by atoms with Gasteiger partial charge in [-0.05, 0) is 43.2 Å². The second-order valence-corrected chi connectivity index (χ2v) is 8.14. The Balaban J connectivity index is 1.57. The number of carbonyl (C=O) groups excluding carboxylic acids is 1. The molecule has 1 unspecified atom stereocenters. The van der Waals surface area contributed by atoms with Gasteiger partial charge in [0, 0.05) is 24.0 Å². The van der Waals surface area contributed by atoms with Gasteiger partial charge in [0.15, 0.2) is 0 Å². The van der Waals surface area contributed by atoms with Crippen LogP contribution in [0.1, 0.15) is 34.1 Å². The van der Waals surface area contributed by atoms with Gasteiger partial charge in [-0.25, -0.2) is 4.98 Å². The molecule has 1 aliphatic heterocycles. The topological polar surface area (TPSA) is 33.2 Å². The number of halogens is 2. The zero-order chi connectivity index (χ0) is 17.4. The van der Waals surface area contributed by atoms with Crippen molar-refractivity contribution in [3.63, 3.8) is 0 Å². The van der Waals surface area contributed by atoms with Crippen molar-refractivity contribution in [3.8, 4) is 0 Å². The van der Waals surface area contributed by atoms with Gasteiger partial charge in [-0.1, -0.05) is 35.3 Å². The minimum absolute atomic E-state index is 0.0347. The summed E-state index contributed by atoms with van der Waals surface area (Å²) in [5, 5.41) is 2.05. The SMILES string of the molecule is O=C(c1ccc(Cl)cc1Cl)N1CCCC(c2nc3ccccc3s2)C1. The molecule has 2 aromatic carbocycles. The summed E-state index contributed by atoms with van der Waals surface area (Å²) in [6.45, 7) is 1.43. The van der Waals surface area contributed by atoms with Gasteiger partial charge in [-0.2, -0.15) is 0 Å². The summed E-state index contributed by atoms with van der Waals surface area (Å²) in [4.78, 5) is 19.5. The molecule has 0 spiro atoms. The fourth-order valence-corrected chi connectivity index (χ4v) is 4.84. The highest BCUT2D eigenvalue weighted by Crippen LogP contribution is 2.34. The maximum absolute atomic E-state index is 12.9. The molecule has 25 heavy (non-hydrogen) atoms. The zero-order valence-electron chi connectivity index (χ0n) is 13.4. The Hall–Kier alpha value is -1.62. The lowest BCUT2D eigenvalue weighted by molar-refractivity contribution is 0.0707. The molecule has 1 atom stereocenters. The number of thiazole rings is 1. The number of nitrogens with zero attached hydrogens (tertiary/aromatic N) is 2. The van der Waals surface area contributed by atoms with Crippen molar-refractivity contribution < 1.29 is 4.79 Å². The second-order valence-electron chi connectivity index (χ2n) is 6.23. The molecule has 1 amide bonds. The highest BCUT2D eigenvalue weighted by atomic mass is 35.5. The zero-order valence-corrected chi connectivity index (χ0v) is 15.7. The number of piperidine rings is 1. The van der Waals surface area contributed by atoms with E-state index in [-0.39, 0.29) is 11.8 Å². The minimum Gasteiger partial charge on any atom is -0.338 e. The second kappa shape index (κ2) is 6.94. The van der Waals surface area contributed by atoms with Gasteiger partial charge in [0.05, 0.1) is 25.8 Å². The van der Waals surface area contributed by atoms with E-state index in [2.05, 4.69) is 6.07 Å². The molecule has 0 radical (unpaired) electrons. The number of aromatic nitrogens is 1. The van der Waals surface area contributed by atoms with Crippen LogP contribution >= 0.6 is 34.5 Å². The number of amides is 1. The lowest BCUT2D eigenvalue weighted by Crippen LogP contribution is -2.39. The van der Waals surface area contributed by atoms with Crippen LogP contribution in [0.3, 0.4) is 0 Å². The third kappa shape index (κ3) is 3.39. The Morgan fingerprint density at radius 3 is 2.84 bits per heavy atom. The molecule has 128 valence electrons. The van der Waals surface area contributed by atoms with Crippen LogP contribution in [0.25, 0.3) is 10.2 Å². The number of para-hydroxylation sites is 1. The molecule has 1 fully saturated rings. The number of fused-ring (bicyclic) bond motifs is 1. The number of carbonyl (C=O) groups is 1. The van der Waals surface area contributed by atoms with E-state index in [9.17, 15) is 4.79 Å². The van der Waals surface area contributed by atoms with Crippen LogP contribution in [-0.2, 0) is 0 Å². The predicted molar refractivity (Wildman–Crippen MR) is 104 cm³/mol. The van der Waals surface area contributed by atoms with E-state index < -0.39 is 0 Å². The average Bonchev–Trinajstić information content (AvgIpc) is 3.05. The molecule has 0 N–H and O–H groups in total. The third-order valence-corrected chi connectivity index (χ3v) is 6.28. The van der Waals surface area contributed by atoms with Gasteiger partial charge < -0.3 is 4.90 Å². The first-order valence-electron chi connectivity index (χ1n) is 8.21. The van der Waals surface area contributed by atoms with Gasteiger partial charge >= 0.3 is 0 Å². The normalized spacial score (nSPS) is 17.8. The number of hydrogen-bond acceptors (Lipinski definition) is 3. The Bertz CT molecular complexity index is 907. The third-order valence-electron chi connectivity index (χ3n) is 4.53. The van der Waals surface area contributed by atoms with Gasteiger partial charge in [0.2, 0.25) is 0 Å². The lowest BCUT2D eigenvalue weighted by atomic mass is 9.98. The van der Waals surface area contributed by atoms with Gasteiger partial charge in [-0.15, -0.1) is 11.3 Å². The first-order chi connectivity index (χ1) is 12.1. The van der Waals surface area contributed by atoms with Crippen molar-refractivity contribution in [1.29, 1.82) is 0 Å². The number of benzene rings is 2. The van der Waals surface area contributed by atoms with Crippen molar-refractivity contribution in [2.75, 3.05) is 13.1 Å². The summed E-state index contributed by atoms with van der Waals surface area (Å²) in [7, 11) is 0. The molecule has 4 rings (SSSR count). The minimum atomic E-state index is -0.0347. The van der Waals surface area contributed by atoms with Crippen LogP contribution in [0, 0.1) is 0 Å². The lowest BCUT2D eigenvalue weighted by Gasteiger charge is -2.32. The predicted octanol–water partition coefficient (Wildman–Crippen LogP) is 5.62. The fourth-order valence-electron chi connectivity index (χ4n) is 3.26. The first-order valence-corrected chi connectivity index (χ1v) is 9.79. The molecule has 1 saturated heterocycles. The maximum Gasteiger partial charge on any atom is 0.255 e. The summed E-state index contributed by atoms with van der Waals surface area (Å²) < 4.78 is 1.20. The van der Waals surface area contributed by atoms with Crippen LogP contribution in [0.4, 0.5) is 0 Å². The monoisotopic (exact) mass is 390 g/mol. The fraction of sp³-hybridized carbons (Fsp3) is 0.263. The average molecular weight is 391 g/mol. The smallest absolute Gasteiger partial charge is 0.255 e. The number of hydrogen-bond donors (Lipinski definition) is 0. The summed E-state index contributed by atoms with van der Waals surface area (Å²) in [6.07, 6.45) is 2.02. The Kier molecular flexibility index (Phi) is 4.67.